The van der Waals surface area contributed by atoms with Gasteiger partial charge in [-0.2, -0.15) is 0 Å². The van der Waals surface area contributed by atoms with Crippen LogP contribution in [0.15, 0.2) is 42.0 Å². The average molecular weight is 245 g/mol. The summed E-state index contributed by atoms with van der Waals surface area (Å²) in [6, 6.07) is 9.99. The van der Waals surface area contributed by atoms with Gasteiger partial charge in [0.2, 0.25) is 0 Å². The summed E-state index contributed by atoms with van der Waals surface area (Å²) in [5.41, 5.74) is 1.64. The second-order valence-electron chi connectivity index (χ2n) is 4.77. The van der Waals surface area contributed by atoms with E-state index in [9.17, 15) is 0 Å². The zero-order valence-corrected chi connectivity index (χ0v) is 11.0. The van der Waals surface area contributed by atoms with Crippen LogP contribution >= 0.6 is 0 Å². The normalized spacial score (nSPS) is 15.2. The highest BCUT2D eigenvalue weighted by atomic mass is 16.5. The molecule has 0 heterocycles. The van der Waals surface area contributed by atoms with Crippen molar-refractivity contribution in [2.24, 2.45) is 0 Å². The lowest BCUT2D eigenvalue weighted by Crippen LogP contribution is -2.22. The maximum atomic E-state index is 5.62. The molecule has 18 heavy (non-hydrogen) atoms. The molecule has 0 fully saturated rings. The van der Waals surface area contributed by atoms with Gasteiger partial charge in [-0.1, -0.05) is 29.8 Å². The summed E-state index contributed by atoms with van der Waals surface area (Å²) in [5.74, 6) is 0.953. The summed E-state index contributed by atoms with van der Waals surface area (Å²) in [6.45, 7) is 2.73. The summed E-state index contributed by atoms with van der Waals surface area (Å²) >= 11 is 0. The predicted octanol–water partition coefficient (Wildman–Crippen LogP) is 3.55. The third kappa shape index (κ3) is 4.92. The summed E-state index contributed by atoms with van der Waals surface area (Å²) < 4.78 is 5.62. The Hall–Kier alpha value is -1.28. The minimum atomic E-state index is 0.739. The number of benzene rings is 1. The lowest BCUT2D eigenvalue weighted by molar-refractivity contribution is 0.314. The molecule has 1 aromatic carbocycles. The number of allylic oxidation sites excluding steroid dienone is 1. The molecule has 0 saturated carbocycles. The standard InChI is InChI=1S/C16H23NO/c1-3-7-15(8-4-1)11-12-17-13-14-18-16-9-5-2-6-10-16/h2,5-7,9-10,17H,1,3-4,8,11-14H2. The van der Waals surface area contributed by atoms with Crippen molar-refractivity contribution in [2.75, 3.05) is 19.7 Å². The Kier molecular flexibility index (Phi) is 5.80. The van der Waals surface area contributed by atoms with Crippen molar-refractivity contribution in [3.05, 3.63) is 42.0 Å². The molecule has 1 aliphatic rings. The summed E-state index contributed by atoms with van der Waals surface area (Å²) in [6.07, 6.45) is 8.97. The topological polar surface area (TPSA) is 21.3 Å². The number of rotatable bonds is 7. The molecule has 1 aliphatic carbocycles. The largest absolute Gasteiger partial charge is 0.492 e. The fraction of sp³-hybridized carbons (Fsp3) is 0.500. The van der Waals surface area contributed by atoms with Gasteiger partial charge in [0.1, 0.15) is 12.4 Å². The fourth-order valence-electron chi connectivity index (χ4n) is 2.26. The molecule has 2 heteroatoms. The van der Waals surface area contributed by atoms with Crippen molar-refractivity contribution < 1.29 is 4.74 Å². The van der Waals surface area contributed by atoms with Crippen molar-refractivity contribution in [3.8, 4) is 5.75 Å². The molecule has 0 atom stereocenters. The molecule has 0 radical (unpaired) electrons. The van der Waals surface area contributed by atoms with E-state index in [2.05, 4.69) is 11.4 Å². The number of para-hydroxylation sites is 1. The van der Waals surface area contributed by atoms with Crippen LogP contribution in [0.2, 0.25) is 0 Å². The summed E-state index contributed by atoms with van der Waals surface area (Å²) in [4.78, 5) is 0. The number of hydrogen-bond acceptors (Lipinski definition) is 2. The Balaban J connectivity index is 1.50. The zero-order chi connectivity index (χ0) is 12.5. The second-order valence-corrected chi connectivity index (χ2v) is 4.77. The van der Waals surface area contributed by atoms with E-state index in [1.807, 2.05) is 30.3 Å². The number of ether oxygens (including phenoxy) is 1. The maximum Gasteiger partial charge on any atom is 0.119 e. The minimum Gasteiger partial charge on any atom is -0.492 e. The van der Waals surface area contributed by atoms with E-state index in [1.54, 1.807) is 5.57 Å². The molecule has 1 aromatic rings. The Bertz CT molecular complexity index is 359. The van der Waals surface area contributed by atoms with Gasteiger partial charge in [-0.15, -0.1) is 0 Å². The predicted molar refractivity (Wildman–Crippen MR) is 76.0 cm³/mol. The van der Waals surface area contributed by atoms with Gasteiger partial charge >= 0.3 is 0 Å². The van der Waals surface area contributed by atoms with Gasteiger partial charge in [-0.25, -0.2) is 0 Å². The van der Waals surface area contributed by atoms with Gasteiger partial charge in [-0.3, -0.25) is 0 Å². The third-order valence-corrected chi connectivity index (χ3v) is 3.30. The van der Waals surface area contributed by atoms with Crippen molar-refractivity contribution in [1.29, 1.82) is 0 Å². The average Bonchev–Trinajstić information content (AvgIpc) is 2.45. The van der Waals surface area contributed by atoms with E-state index < -0.39 is 0 Å². The van der Waals surface area contributed by atoms with E-state index in [4.69, 9.17) is 4.74 Å². The molecule has 0 unspecified atom stereocenters. The van der Waals surface area contributed by atoms with Crippen LogP contribution in [0.25, 0.3) is 0 Å². The van der Waals surface area contributed by atoms with E-state index in [1.165, 1.54) is 32.1 Å². The molecule has 0 spiro atoms. The quantitative estimate of drug-likeness (QED) is 0.586. The second kappa shape index (κ2) is 7.93. The van der Waals surface area contributed by atoms with Gasteiger partial charge < -0.3 is 10.1 Å². The number of hydrogen-bond donors (Lipinski definition) is 1. The van der Waals surface area contributed by atoms with Gasteiger partial charge in [0, 0.05) is 6.54 Å². The molecule has 1 N–H and O–H groups in total. The molecule has 0 saturated heterocycles. The van der Waals surface area contributed by atoms with Crippen LogP contribution in [0.5, 0.6) is 5.75 Å². The molecule has 0 amide bonds. The monoisotopic (exact) mass is 245 g/mol. The van der Waals surface area contributed by atoms with Crippen molar-refractivity contribution in [1.82, 2.24) is 5.32 Å². The van der Waals surface area contributed by atoms with Crippen molar-refractivity contribution in [2.45, 2.75) is 32.1 Å². The van der Waals surface area contributed by atoms with Gasteiger partial charge in [0.25, 0.3) is 0 Å². The first-order chi connectivity index (χ1) is 8.95. The third-order valence-electron chi connectivity index (χ3n) is 3.30. The van der Waals surface area contributed by atoms with E-state index >= 15 is 0 Å². The molecule has 2 rings (SSSR count). The molecule has 0 aromatic heterocycles. The first kappa shape index (κ1) is 13.2. The highest BCUT2D eigenvalue weighted by molar-refractivity contribution is 5.20. The van der Waals surface area contributed by atoms with Crippen LogP contribution in [0.4, 0.5) is 0 Å². The Morgan fingerprint density at radius 2 is 1.94 bits per heavy atom. The van der Waals surface area contributed by atoms with Crippen LogP contribution in [0.3, 0.4) is 0 Å². The van der Waals surface area contributed by atoms with E-state index in [-0.39, 0.29) is 0 Å². The van der Waals surface area contributed by atoms with Gasteiger partial charge in [-0.05, 0) is 50.8 Å². The zero-order valence-electron chi connectivity index (χ0n) is 11.0. The van der Waals surface area contributed by atoms with Crippen LogP contribution in [0.1, 0.15) is 32.1 Å². The van der Waals surface area contributed by atoms with E-state index in [0.29, 0.717) is 0 Å². The molecular formula is C16H23NO. The molecule has 0 aliphatic heterocycles. The summed E-state index contributed by atoms with van der Waals surface area (Å²) in [5, 5.41) is 3.44. The minimum absolute atomic E-state index is 0.739. The Morgan fingerprint density at radius 1 is 1.06 bits per heavy atom. The number of nitrogens with one attached hydrogen (secondary N) is 1. The lowest BCUT2D eigenvalue weighted by atomic mass is 9.97. The fourth-order valence-corrected chi connectivity index (χ4v) is 2.26. The molecule has 0 bridgehead atoms. The Morgan fingerprint density at radius 3 is 2.72 bits per heavy atom. The Labute approximate surface area is 110 Å². The summed E-state index contributed by atoms with van der Waals surface area (Å²) in [7, 11) is 0. The molecular weight excluding hydrogens is 222 g/mol. The van der Waals surface area contributed by atoms with Crippen molar-refractivity contribution in [3.63, 3.8) is 0 Å². The van der Waals surface area contributed by atoms with E-state index in [0.717, 1.165) is 25.4 Å². The van der Waals surface area contributed by atoms with Gasteiger partial charge in [0.15, 0.2) is 0 Å². The van der Waals surface area contributed by atoms with Crippen LogP contribution in [-0.4, -0.2) is 19.7 Å². The first-order valence-electron chi connectivity index (χ1n) is 7.01. The van der Waals surface area contributed by atoms with Crippen LogP contribution < -0.4 is 10.1 Å². The highest BCUT2D eigenvalue weighted by Gasteiger charge is 2.02. The SMILES string of the molecule is C1=C(CCNCCOc2ccccc2)CCCC1. The lowest BCUT2D eigenvalue weighted by Gasteiger charge is -2.13. The first-order valence-corrected chi connectivity index (χ1v) is 7.01. The van der Waals surface area contributed by atoms with Crippen molar-refractivity contribution >= 4 is 0 Å². The van der Waals surface area contributed by atoms with Crippen LogP contribution in [0, 0.1) is 0 Å². The van der Waals surface area contributed by atoms with Gasteiger partial charge in [0.05, 0.1) is 0 Å². The molecule has 98 valence electrons. The van der Waals surface area contributed by atoms with Crippen LogP contribution in [-0.2, 0) is 0 Å². The molecule has 2 nitrogen and oxygen atoms in total. The highest BCUT2D eigenvalue weighted by Crippen LogP contribution is 2.19. The smallest absolute Gasteiger partial charge is 0.119 e. The maximum absolute atomic E-state index is 5.62.